The molecule has 2 aromatic heterocycles. The van der Waals surface area contributed by atoms with Crippen LogP contribution in [-0.2, 0) is 0 Å². The first-order valence-corrected chi connectivity index (χ1v) is 10.2. The van der Waals surface area contributed by atoms with E-state index in [0.717, 1.165) is 38.3 Å². The maximum absolute atomic E-state index is 6.03. The number of rotatable bonds is 4. The van der Waals surface area contributed by atoms with Crippen molar-refractivity contribution in [2.75, 3.05) is 12.4 Å². The summed E-state index contributed by atoms with van der Waals surface area (Å²) < 4.78 is 12.3. The van der Waals surface area contributed by atoms with Crippen molar-refractivity contribution < 1.29 is 9.47 Å². The van der Waals surface area contributed by atoms with Gasteiger partial charge in [-0.25, -0.2) is 9.97 Å². The quantitative estimate of drug-likeness (QED) is 0.375. The fourth-order valence-electron chi connectivity index (χ4n) is 3.69. The van der Waals surface area contributed by atoms with Crippen LogP contribution in [0, 0.1) is 6.92 Å². The zero-order valence-corrected chi connectivity index (χ0v) is 17.9. The van der Waals surface area contributed by atoms with Gasteiger partial charge in [0.05, 0.1) is 18.6 Å². The number of nitrogens with zero attached hydrogens (tertiary/aromatic N) is 3. The summed E-state index contributed by atoms with van der Waals surface area (Å²) in [7, 11) is 1.65. The van der Waals surface area contributed by atoms with Gasteiger partial charge in [-0.3, -0.25) is 5.10 Å². The zero-order chi connectivity index (χ0) is 20.7. The molecule has 1 atom stereocenters. The largest absolute Gasteiger partial charge is 0.497 e. The molecule has 7 nitrogen and oxygen atoms in total. The van der Waals surface area contributed by atoms with Crippen molar-refractivity contribution in [3.63, 3.8) is 0 Å². The zero-order valence-electron chi connectivity index (χ0n) is 16.3. The Hall–Kier alpha value is -3.39. The molecular formula is C22H18BrN5O2. The topological polar surface area (TPSA) is 85.0 Å². The first-order valence-electron chi connectivity index (χ1n) is 9.38. The third kappa shape index (κ3) is 3.19. The molecule has 4 aromatic rings. The van der Waals surface area contributed by atoms with Crippen LogP contribution < -0.4 is 14.8 Å². The van der Waals surface area contributed by atoms with Crippen molar-refractivity contribution in [2.45, 2.75) is 12.8 Å². The van der Waals surface area contributed by atoms with E-state index in [1.54, 1.807) is 7.11 Å². The number of benzene rings is 2. The van der Waals surface area contributed by atoms with Crippen molar-refractivity contribution in [1.29, 1.82) is 0 Å². The normalized spacial score (nSPS) is 14.4. The molecule has 8 heteroatoms. The predicted molar refractivity (Wildman–Crippen MR) is 117 cm³/mol. The van der Waals surface area contributed by atoms with E-state index in [4.69, 9.17) is 9.47 Å². The number of ether oxygens (including phenoxy) is 2. The number of fused-ring (bicyclic) bond motifs is 2. The number of hydrogen-bond acceptors (Lipinski definition) is 6. The summed E-state index contributed by atoms with van der Waals surface area (Å²) in [6, 6.07) is 15.9. The molecule has 2 aromatic carbocycles. The molecule has 5 rings (SSSR count). The van der Waals surface area contributed by atoms with Gasteiger partial charge in [-0.1, -0.05) is 28.1 Å². The molecule has 0 saturated carbocycles. The lowest BCUT2D eigenvalue weighted by atomic mass is 9.84. The molecule has 0 saturated heterocycles. The van der Waals surface area contributed by atoms with Crippen molar-refractivity contribution in [1.82, 2.24) is 20.2 Å². The lowest BCUT2D eigenvalue weighted by Gasteiger charge is -2.27. The summed E-state index contributed by atoms with van der Waals surface area (Å²) in [5.41, 5.74) is 4.79. The van der Waals surface area contributed by atoms with Crippen LogP contribution in [0.3, 0.4) is 0 Å². The number of methoxy groups -OCH3 is 1. The summed E-state index contributed by atoms with van der Waals surface area (Å²) in [5.74, 6) is 2.39. The van der Waals surface area contributed by atoms with Gasteiger partial charge in [-0.05, 0) is 48.9 Å². The van der Waals surface area contributed by atoms with Crippen LogP contribution >= 0.6 is 15.9 Å². The molecule has 0 aliphatic carbocycles. The minimum atomic E-state index is -0.127. The molecule has 30 heavy (non-hydrogen) atoms. The van der Waals surface area contributed by atoms with Gasteiger partial charge >= 0.3 is 0 Å². The van der Waals surface area contributed by atoms with Crippen LogP contribution in [0.4, 0.5) is 11.5 Å². The number of halogens is 1. The molecule has 0 fully saturated rings. The molecule has 0 radical (unpaired) electrons. The number of aromatic nitrogens is 4. The number of anilines is 2. The molecule has 0 bridgehead atoms. The fraction of sp³-hybridized carbons (Fsp3) is 0.136. The van der Waals surface area contributed by atoms with Gasteiger partial charge in [-0.2, -0.15) is 0 Å². The van der Waals surface area contributed by atoms with Crippen LogP contribution in [0.1, 0.15) is 28.3 Å². The molecular weight excluding hydrogens is 446 g/mol. The number of nitrogens with one attached hydrogen (secondary N) is 2. The third-order valence-corrected chi connectivity index (χ3v) is 5.66. The van der Waals surface area contributed by atoms with Crippen molar-refractivity contribution in [3.8, 4) is 17.5 Å². The van der Waals surface area contributed by atoms with Gasteiger partial charge < -0.3 is 14.8 Å². The summed E-state index contributed by atoms with van der Waals surface area (Å²) >= 11 is 3.52. The summed E-state index contributed by atoms with van der Waals surface area (Å²) in [4.78, 5) is 8.93. The lowest BCUT2D eigenvalue weighted by molar-refractivity contribution is 0.414. The number of aryl methyl sites for hydroxylation is 1. The van der Waals surface area contributed by atoms with E-state index in [1.807, 2.05) is 43.3 Å². The van der Waals surface area contributed by atoms with Gasteiger partial charge in [-0.15, -0.1) is 5.10 Å². The Bertz CT molecular complexity index is 1210. The van der Waals surface area contributed by atoms with Gasteiger partial charge in [0.1, 0.15) is 17.9 Å². The first-order chi connectivity index (χ1) is 14.6. The Morgan fingerprint density at radius 2 is 1.77 bits per heavy atom. The molecule has 150 valence electrons. The van der Waals surface area contributed by atoms with Gasteiger partial charge in [0.25, 0.3) is 0 Å². The van der Waals surface area contributed by atoms with Crippen LogP contribution in [0.15, 0.2) is 59.3 Å². The van der Waals surface area contributed by atoms with E-state index in [0.29, 0.717) is 17.6 Å². The molecule has 0 amide bonds. The maximum Gasteiger partial charge on any atom is 0.244 e. The molecule has 1 aliphatic heterocycles. The summed E-state index contributed by atoms with van der Waals surface area (Å²) in [6.07, 6.45) is 1.49. The third-order valence-electron chi connectivity index (χ3n) is 5.13. The van der Waals surface area contributed by atoms with E-state index < -0.39 is 0 Å². The Kier molecular flexibility index (Phi) is 4.63. The minimum Gasteiger partial charge on any atom is -0.497 e. The number of hydrogen-bond donors (Lipinski definition) is 2. The maximum atomic E-state index is 6.03. The van der Waals surface area contributed by atoms with Gasteiger partial charge in [0.2, 0.25) is 11.8 Å². The number of aromatic amines is 1. The average Bonchev–Trinajstić information content (AvgIpc) is 3.14. The standard InChI is InChI=1S/C22H18BrN5O2/c1-12-17-18(13-3-5-14(23)6-4-13)19-20(26-15-7-9-16(29-2)10-8-15)24-11-25-21(19)30-22(17)28-27-12/h3-11,18H,1-2H3,(H,27,28)(H,24,25,26). The smallest absolute Gasteiger partial charge is 0.244 e. The van der Waals surface area contributed by atoms with Crippen LogP contribution in [-0.4, -0.2) is 27.3 Å². The van der Waals surface area contributed by atoms with Crippen LogP contribution in [0.25, 0.3) is 0 Å². The van der Waals surface area contributed by atoms with E-state index in [-0.39, 0.29) is 5.92 Å². The second kappa shape index (κ2) is 7.46. The second-order valence-corrected chi connectivity index (χ2v) is 7.86. The molecule has 1 aliphatic rings. The minimum absolute atomic E-state index is 0.127. The van der Waals surface area contributed by atoms with Crippen LogP contribution in [0.5, 0.6) is 17.5 Å². The molecule has 3 heterocycles. The van der Waals surface area contributed by atoms with Gasteiger partial charge in [0.15, 0.2) is 0 Å². The second-order valence-electron chi connectivity index (χ2n) is 6.95. The number of H-pyrrole nitrogens is 1. The Morgan fingerprint density at radius 3 is 2.50 bits per heavy atom. The van der Waals surface area contributed by atoms with E-state index in [2.05, 4.69) is 53.5 Å². The van der Waals surface area contributed by atoms with Crippen molar-refractivity contribution in [3.05, 3.63) is 81.7 Å². The molecule has 2 N–H and O–H groups in total. The monoisotopic (exact) mass is 463 g/mol. The fourth-order valence-corrected chi connectivity index (χ4v) is 3.95. The highest BCUT2D eigenvalue weighted by molar-refractivity contribution is 9.10. The lowest BCUT2D eigenvalue weighted by Crippen LogP contribution is -2.16. The Labute approximate surface area is 181 Å². The summed E-state index contributed by atoms with van der Waals surface area (Å²) in [5, 5.41) is 10.8. The van der Waals surface area contributed by atoms with E-state index >= 15 is 0 Å². The Morgan fingerprint density at radius 1 is 1.00 bits per heavy atom. The highest BCUT2D eigenvalue weighted by Crippen LogP contribution is 2.49. The van der Waals surface area contributed by atoms with Crippen molar-refractivity contribution in [2.24, 2.45) is 0 Å². The van der Waals surface area contributed by atoms with E-state index in [9.17, 15) is 0 Å². The van der Waals surface area contributed by atoms with Gasteiger partial charge in [0, 0.05) is 21.4 Å². The molecule has 1 unspecified atom stereocenters. The highest BCUT2D eigenvalue weighted by atomic mass is 79.9. The predicted octanol–water partition coefficient (Wildman–Crippen LogP) is 5.31. The highest BCUT2D eigenvalue weighted by Gasteiger charge is 2.36. The molecule has 0 spiro atoms. The van der Waals surface area contributed by atoms with E-state index in [1.165, 1.54) is 6.33 Å². The van der Waals surface area contributed by atoms with Crippen molar-refractivity contribution >= 4 is 27.4 Å². The SMILES string of the molecule is COc1ccc(Nc2ncnc3c2C(c2ccc(Br)cc2)c2c(n[nH]c2C)O3)cc1. The summed E-state index contributed by atoms with van der Waals surface area (Å²) in [6.45, 7) is 1.99. The Balaban J connectivity index is 1.65. The first kappa shape index (κ1) is 18.6. The average molecular weight is 464 g/mol. The van der Waals surface area contributed by atoms with Crippen LogP contribution in [0.2, 0.25) is 0 Å².